The molecule has 0 saturated carbocycles. The molecule has 0 aliphatic rings. The molecule has 1 aromatic rings. The van der Waals surface area contributed by atoms with Crippen molar-refractivity contribution in [1.29, 1.82) is 0 Å². The van der Waals surface area contributed by atoms with Crippen molar-refractivity contribution in [2.45, 2.75) is 20.4 Å². The first-order valence-electron chi connectivity index (χ1n) is 5.92. The highest BCUT2D eigenvalue weighted by Gasteiger charge is 2.04. The summed E-state index contributed by atoms with van der Waals surface area (Å²) in [6.07, 6.45) is 0. The Morgan fingerprint density at radius 1 is 1.17 bits per heavy atom. The highest BCUT2D eigenvalue weighted by molar-refractivity contribution is 5.77. The zero-order valence-electron chi connectivity index (χ0n) is 10.6. The zero-order valence-corrected chi connectivity index (χ0v) is 10.6. The number of hydrogen-bond donors (Lipinski definition) is 2. The number of amides is 1. The maximum atomic E-state index is 12.9. The van der Waals surface area contributed by atoms with Crippen LogP contribution in [0.5, 0.6) is 0 Å². The molecule has 1 amide bonds. The fourth-order valence-electron chi connectivity index (χ4n) is 1.42. The lowest BCUT2D eigenvalue weighted by molar-refractivity contribution is -0.123. The summed E-state index contributed by atoms with van der Waals surface area (Å²) >= 11 is 0. The van der Waals surface area contributed by atoms with Crippen LogP contribution < -0.4 is 10.6 Å². The third kappa shape index (κ3) is 5.23. The maximum absolute atomic E-state index is 12.9. The fourth-order valence-corrected chi connectivity index (χ4v) is 1.42. The van der Waals surface area contributed by atoms with Gasteiger partial charge in [-0.1, -0.05) is 13.8 Å². The SMILES string of the molecule is CC(C)C(=O)NCCNCc1cc(F)cc(F)c1. The summed E-state index contributed by atoms with van der Waals surface area (Å²) < 4.78 is 25.7. The van der Waals surface area contributed by atoms with Crippen molar-refractivity contribution in [3.8, 4) is 0 Å². The molecule has 2 N–H and O–H groups in total. The smallest absolute Gasteiger partial charge is 0.222 e. The van der Waals surface area contributed by atoms with Gasteiger partial charge in [-0.2, -0.15) is 0 Å². The minimum absolute atomic E-state index is 0.00593. The van der Waals surface area contributed by atoms with Crippen molar-refractivity contribution in [3.05, 3.63) is 35.4 Å². The van der Waals surface area contributed by atoms with Gasteiger partial charge in [-0.25, -0.2) is 8.78 Å². The molecule has 0 radical (unpaired) electrons. The van der Waals surface area contributed by atoms with Gasteiger partial charge in [0.2, 0.25) is 5.91 Å². The Bertz CT molecular complexity index is 388. The van der Waals surface area contributed by atoms with Crippen LogP contribution >= 0.6 is 0 Å². The van der Waals surface area contributed by atoms with E-state index in [2.05, 4.69) is 10.6 Å². The lowest BCUT2D eigenvalue weighted by Gasteiger charge is -2.08. The van der Waals surface area contributed by atoms with Crippen LogP contribution in [0.25, 0.3) is 0 Å². The molecule has 0 unspecified atom stereocenters. The van der Waals surface area contributed by atoms with Crippen molar-refractivity contribution in [1.82, 2.24) is 10.6 Å². The molecule has 0 atom stereocenters. The van der Waals surface area contributed by atoms with Gasteiger partial charge in [0, 0.05) is 31.6 Å². The predicted octanol–water partition coefficient (Wildman–Crippen LogP) is 1.83. The van der Waals surface area contributed by atoms with E-state index in [4.69, 9.17) is 0 Å². The Hall–Kier alpha value is -1.49. The summed E-state index contributed by atoms with van der Waals surface area (Å²) in [5.41, 5.74) is 0.544. The lowest BCUT2D eigenvalue weighted by Crippen LogP contribution is -2.34. The largest absolute Gasteiger partial charge is 0.355 e. The van der Waals surface area contributed by atoms with Crippen LogP contribution in [-0.2, 0) is 11.3 Å². The molecule has 100 valence electrons. The highest BCUT2D eigenvalue weighted by Crippen LogP contribution is 2.07. The molecule has 0 aromatic heterocycles. The number of benzene rings is 1. The summed E-state index contributed by atoms with van der Waals surface area (Å²) in [6, 6.07) is 3.40. The molecular formula is C13H18F2N2O. The maximum Gasteiger partial charge on any atom is 0.222 e. The second-order valence-corrected chi connectivity index (χ2v) is 4.40. The van der Waals surface area contributed by atoms with Crippen molar-refractivity contribution in [3.63, 3.8) is 0 Å². The first kappa shape index (κ1) is 14.6. The predicted molar refractivity (Wildman–Crippen MR) is 65.9 cm³/mol. The van der Waals surface area contributed by atoms with Gasteiger partial charge in [0.15, 0.2) is 0 Å². The minimum atomic E-state index is -0.583. The van der Waals surface area contributed by atoms with Gasteiger partial charge in [-0.3, -0.25) is 4.79 Å². The summed E-state index contributed by atoms with van der Waals surface area (Å²) in [4.78, 5) is 11.2. The van der Waals surface area contributed by atoms with E-state index in [0.29, 0.717) is 25.2 Å². The molecule has 0 aliphatic heterocycles. The van der Waals surface area contributed by atoms with Crippen LogP contribution in [0, 0.1) is 17.6 Å². The fraction of sp³-hybridized carbons (Fsp3) is 0.462. The van der Waals surface area contributed by atoms with Crippen LogP contribution in [0.4, 0.5) is 8.78 Å². The Morgan fingerprint density at radius 3 is 2.33 bits per heavy atom. The van der Waals surface area contributed by atoms with Crippen molar-refractivity contribution in [2.24, 2.45) is 5.92 Å². The van der Waals surface area contributed by atoms with Crippen molar-refractivity contribution in [2.75, 3.05) is 13.1 Å². The normalized spacial score (nSPS) is 10.7. The van der Waals surface area contributed by atoms with E-state index in [9.17, 15) is 13.6 Å². The molecule has 1 aromatic carbocycles. The van der Waals surface area contributed by atoms with Gasteiger partial charge < -0.3 is 10.6 Å². The van der Waals surface area contributed by atoms with E-state index in [0.717, 1.165) is 6.07 Å². The van der Waals surface area contributed by atoms with Crippen molar-refractivity contribution < 1.29 is 13.6 Å². The molecule has 0 bridgehead atoms. The number of hydrogen-bond acceptors (Lipinski definition) is 2. The van der Waals surface area contributed by atoms with Crippen LogP contribution in [-0.4, -0.2) is 19.0 Å². The Balaban J connectivity index is 2.24. The average molecular weight is 256 g/mol. The second kappa shape index (κ2) is 7.06. The number of carbonyl (C=O) groups is 1. The minimum Gasteiger partial charge on any atom is -0.355 e. The molecule has 0 spiro atoms. The summed E-state index contributed by atoms with van der Waals surface area (Å²) in [5, 5.41) is 5.74. The molecule has 0 heterocycles. The van der Waals surface area contributed by atoms with E-state index >= 15 is 0 Å². The quantitative estimate of drug-likeness (QED) is 0.762. The van der Waals surface area contributed by atoms with Crippen LogP contribution in [0.15, 0.2) is 18.2 Å². The Kier molecular flexibility index (Phi) is 5.71. The van der Waals surface area contributed by atoms with E-state index in [1.165, 1.54) is 12.1 Å². The average Bonchev–Trinajstić information content (AvgIpc) is 2.26. The topological polar surface area (TPSA) is 41.1 Å². The Labute approximate surface area is 106 Å². The van der Waals surface area contributed by atoms with E-state index in [1.807, 2.05) is 13.8 Å². The highest BCUT2D eigenvalue weighted by atomic mass is 19.1. The number of carbonyl (C=O) groups excluding carboxylic acids is 1. The van der Waals surface area contributed by atoms with Gasteiger partial charge in [-0.15, -0.1) is 0 Å². The molecule has 5 heteroatoms. The molecule has 3 nitrogen and oxygen atoms in total. The first-order valence-corrected chi connectivity index (χ1v) is 5.92. The summed E-state index contributed by atoms with van der Waals surface area (Å²) in [6.45, 7) is 5.05. The molecule has 0 aliphatic carbocycles. The molecular weight excluding hydrogens is 238 g/mol. The van der Waals surface area contributed by atoms with E-state index in [-0.39, 0.29) is 11.8 Å². The van der Waals surface area contributed by atoms with Crippen LogP contribution in [0.2, 0.25) is 0 Å². The monoisotopic (exact) mass is 256 g/mol. The summed E-state index contributed by atoms with van der Waals surface area (Å²) in [7, 11) is 0. The molecule has 1 rings (SSSR count). The Morgan fingerprint density at radius 2 is 1.78 bits per heavy atom. The van der Waals surface area contributed by atoms with E-state index < -0.39 is 11.6 Å². The number of rotatable bonds is 6. The summed E-state index contributed by atoms with van der Waals surface area (Å²) in [5.74, 6) is -1.21. The molecule has 0 saturated heterocycles. The van der Waals surface area contributed by atoms with Gasteiger partial charge in [0.25, 0.3) is 0 Å². The van der Waals surface area contributed by atoms with Gasteiger partial charge >= 0.3 is 0 Å². The van der Waals surface area contributed by atoms with Crippen LogP contribution in [0.3, 0.4) is 0 Å². The van der Waals surface area contributed by atoms with Gasteiger partial charge in [-0.05, 0) is 17.7 Å². The number of halogens is 2. The number of nitrogens with one attached hydrogen (secondary N) is 2. The van der Waals surface area contributed by atoms with Gasteiger partial charge in [0.05, 0.1) is 0 Å². The first-order chi connectivity index (χ1) is 8.49. The third-order valence-corrected chi connectivity index (χ3v) is 2.38. The zero-order chi connectivity index (χ0) is 13.5. The standard InChI is InChI=1S/C13H18F2N2O/c1-9(2)13(18)17-4-3-16-8-10-5-11(14)7-12(15)6-10/h5-7,9,16H,3-4,8H2,1-2H3,(H,17,18). The molecule has 18 heavy (non-hydrogen) atoms. The van der Waals surface area contributed by atoms with Crippen LogP contribution in [0.1, 0.15) is 19.4 Å². The second-order valence-electron chi connectivity index (χ2n) is 4.40. The van der Waals surface area contributed by atoms with Crippen molar-refractivity contribution >= 4 is 5.91 Å². The van der Waals surface area contributed by atoms with E-state index in [1.54, 1.807) is 0 Å². The lowest BCUT2D eigenvalue weighted by atomic mass is 10.2. The molecule has 0 fully saturated rings. The third-order valence-electron chi connectivity index (χ3n) is 2.38. The van der Waals surface area contributed by atoms with Gasteiger partial charge in [0.1, 0.15) is 11.6 Å².